The summed E-state index contributed by atoms with van der Waals surface area (Å²) in [6.45, 7) is 1.75. The molecule has 0 aliphatic rings. The van der Waals surface area contributed by atoms with Crippen LogP contribution in [-0.2, 0) is 17.8 Å². The Morgan fingerprint density at radius 3 is 2.30 bits per heavy atom. The van der Waals surface area contributed by atoms with E-state index in [1.165, 1.54) is 42.3 Å². The zero-order chi connectivity index (χ0) is 33.2. The molecule has 12 nitrogen and oxygen atoms in total. The van der Waals surface area contributed by atoms with Gasteiger partial charge in [0.1, 0.15) is 18.1 Å². The highest BCUT2D eigenvalue weighted by Gasteiger charge is 2.25. The Kier molecular flexibility index (Phi) is 11.3. The molecule has 4 aromatic rings. The van der Waals surface area contributed by atoms with Gasteiger partial charge < -0.3 is 30.1 Å². The molecule has 0 aliphatic heterocycles. The maximum atomic E-state index is 13.8. The Labute approximate surface area is 273 Å². The fourth-order valence-corrected chi connectivity index (χ4v) is 4.94. The van der Waals surface area contributed by atoms with E-state index in [0.717, 1.165) is 0 Å². The molecule has 0 saturated carbocycles. The van der Waals surface area contributed by atoms with Gasteiger partial charge in [-0.15, -0.1) is 0 Å². The van der Waals surface area contributed by atoms with E-state index in [4.69, 9.17) is 14.6 Å². The lowest BCUT2D eigenvalue weighted by Crippen LogP contribution is -2.42. The first-order valence-corrected chi connectivity index (χ1v) is 14.8. The number of rotatable bonds is 13. The van der Waals surface area contributed by atoms with E-state index in [1.54, 1.807) is 61.5 Å². The van der Waals surface area contributed by atoms with Gasteiger partial charge in [-0.25, -0.2) is 9.59 Å². The van der Waals surface area contributed by atoms with Crippen LogP contribution in [0.15, 0.2) is 95.5 Å². The second-order valence-electron chi connectivity index (χ2n) is 10.2. The fourth-order valence-electron chi connectivity index (χ4n) is 4.56. The quantitative estimate of drug-likeness (QED) is 0.103. The van der Waals surface area contributed by atoms with Crippen molar-refractivity contribution in [3.63, 3.8) is 0 Å². The third-order valence-electron chi connectivity index (χ3n) is 6.97. The second kappa shape index (κ2) is 15.5. The number of urea groups is 1. The second-order valence-corrected chi connectivity index (χ2v) is 11.0. The van der Waals surface area contributed by atoms with Crippen molar-refractivity contribution in [3.8, 4) is 11.5 Å². The number of carbonyl (C=O) groups excluding carboxylic acids is 2. The highest BCUT2D eigenvalue weighted by Crippen LogP contribution is 2.28. The van der Waals surface area contributed by atoms with E-state index < -0.39 is 23.0 Å². The van der Waals surface area contributed by atoms with Gasteiger partial charge in [-0.3, -0.25) is 14.9 Å². The van der Waals surface area contributed by atoms with Crippen LogP contribution in [0.4, 0.5) is 21.9 Å². The van der Waals surface area contributed by atoms with Crippen LogP contribution in [0.5, 0.6) is 11.5 Å². The molecule has 0 aliphatic carbocycles. The average Bonchev–Trinajstić information content (AvgIpc) is 3.04. The Morgan fingerprint density at radius 2 is 1.63 bits per heavy atom. The molecule has 0 bridgehead atoms. The Bertz CT molecular complexity index is 1730. The first-order chi connectivity index (χ1) is 22.0. The number of para-hydroxylation sites is 2. The summed E-state index contributed by atoms with van der Waals surface area (Å²) in [6.07, 6.45) is -0.0714. The smallest absolute Gasteiger partial charge is 0.335 e. The number of carboxylic acid groups (broad SMARTS) is 1. The molecule has 0 saturated heterocycles. The van der Waals surface area contributed by atoms with Crippen molar-refractivity contribution in [2.24, 2.45) is 0 Å². The molecule has 0 radical (unpaired) electrons. The van der Waals surface area contributed by atoms with Gasteiger partial charge in [0.25, 0.3) is 5.69 Å². The maximum absolute atomic E-state index is 13.8. The molecule has 3 N–H and O–H groups in total. The van der Waals surface area contributed by atoms with Gasteiger partial charge in [-0.05, 0) is 76.9 Å². The SMILES string of the molecule is COc1cc(CC(=O)N(Cc2ccccc2[N+](=O)[O-])[C@@H](C)COc2ccc(C(=O)O)cc2)ccc1NC(=O)Nc1ccccc1Br. The Morgan fingerprint density at radius 1 is 0.957 bits per heavy atom. The van der Waals surface area contributed by atoms with Crippen LogP contribution in [-0.4, -0.2) is 52.6 Å². The summed E-state index contributed by atoms with van der Waals surface area (Å²) in [7, 11) is 1.45. The molecule has 3 amide bonds. The number of carboxylic acids is 1. The van der Waals surface area contributed by atoms with Gasteiger partial charge in [-0.1, -0.05) is 36.4 Å². The lowest BCUT2D eigenvalue weighted by atomic mass is 10.1. The first-order valence-electron chi connectivity index (χ1n) is 14.0. The largest absolute Gasteiger partial charge is 0.495 e. The van der Waals surface area contributed by atoms with Crippen molar-refractivity contribution < 1.29 is 33.9 Å². The van der Waals surface area contributed by atoms with Crippen molar-refractivity contribution in [1.82, 2.24) is 4.90 Å². The van der Waals surface area contributed by atoms with Crippen molar-refractivity contribution >= 4 is 50.9 Å². The summed E-state index contributed by atoms with van der Waals surface area (Å²) in [4.78, 5) is 50.3. The van der Waals surface area contributed by atoms with Crippen LogP contribution in [0.3, 0.4) is 0 Å². The third kappa shape index (κ3) is 8.82. The number of benzene rings is 4. The summed E-state index contributed by atoms with van der Waals surface area (Å²) in [6, 6.07) is 23.1. The molecule has 0 spiro atoms. The molecule has 1 atom stereocenters. The van der Waals surface area contributed by atoms with Gasteiger partial charge in [0.15, 0.2) is 0 Å². The van der Waals surface area contributed by atoms with Gasteiger partial charge >= 0.3 is 12.0 Å². The lowest BCUT2D eigenvalue weighted by molar-refractivity contribution is -0.385. The van der Waals surface area contributed by atoms with Gasteiger partial charge in [0.05, 0.1) is 48.0 Å². The van der Waals surface area contributed by atoms with E-state index in [9.17, 15) is 24.5 Å². The molecular formula is C33H31BrN4O8. The van der Waals surface area contributed by atoms with Crippen molar-refractivity contribution in [3.05, 3.63) is 122 Å². The predicted octanol–water partition coefficient (Wildman–Crippen LogP) is 6.75. The molecule has 4 aromatic carbocycles. The van der Waals surface area contributed by atoms with Crippen LogP contribution < -0.4 is 20.1 Å². The number of amides is 3. The number of methoxy groups -OCH3 is 1. The number of ether oxygens (including phenoxy) is 2. The summed E-state index contributed by atoms with van der Waals surface area (Å²) in [5.41, 5.74) is 1.90. The summed E-state index contributed by atoms with van der Waals surface area (Å²) < 4.78 is 12.1. The number of nitro benzene ring substituents is 1. The van der Waals surface area contributed by atoms with E-state index in [2.05, 4.69) is 26.6 Å². The van der Waals surface area contributed by atoms with Crippen LogP contribution >= 0.6 is 15.9 Å². The number of nitrogens with one attached hydrogen (secondary N) is 2. The number of halogens is 1. The number of nitro groups is 1. The maximum Gasteiger partial charge on any atom is 0.335 e. The Balaban J connectivity index is 1.51. The van der Waals surface area contributed by atoms with Gasteiger partial charge in [0, 0.05) is 16.1 Å². The van der Waals surface area contributed by atoms with Gasteiger partial charge in [-0.2, -0.15) is 0 Å². The number of aromatic carboxylic acids is 1. The zero-order valence-corrected chi connectivity index (χ0v) is 26.5. The molecule has 4 rings (SSSR count). The van der Waals surface area contributed by atoms with Crippen molar-refractivity contribution in [2.45, 2.75) is 25.9 Å². The molecule has 238 valence electrons. The third-order valence-corrected chi connectivity index (χ3v) is 7.66. The van der Waals surface area contributed by atoms with Gasteiger partial charge in [0.2, 0.25) is 5.91 Å². The van der Waals surface area contributed by atoms with Crippen LogP contribution in [0.2, 0.25) is 0 Å². The highest BCUT2D eigenvalue weighted by molar-refractivity contribution is 9.10. The summed E-state index contributed by atoms with van der Waals surface area (Å²) in [5.74, 6) is -0.652. The van der Waals surface area contributed by atoms with E-state index in [1.807, 2.05) is 6.07 Å². The normalized spacial score (nSPS) is 11.2. The van der Waals surface area contributed by atoms with Crippen LogP contribution in [0, 0.1) is 10.1 Å². The standard InChI is InChI=1S/C33H31BrN4O8/c1-21(20-46-25-14-12-23(13-15-25)32(40)41)37(19-24-7-3-6-10-29(24)38(43)44)31(39)18-22-11-16-28(30(17-22)45-2)36-33(42)35-27-9-5-4-8-26(27)34/h3-17,21H,18-20H2,1-2H3,(H,40,41)(H2,35,36,42)/t21-/m0/s1. The highest BCUT2D eigenvalue weighted by atomic mass is 79.9. The fraction of sp³-hybridized carbons (Fsp3) is 0.182. The minimum atomic E-state index is -1.06. The van der Waals surface area contributed by atoms with Crippen LogP contribution in [0.1, 0.15) is 28.4 Å². The number of carbonyl (C=O) groups is 3. The molecule has 0 unspecified atom stereocenters. The molecule has 13 heteroatoms. The van der Waals surface area contributed by atoms with E-state index >= 15 is 0 Å². The number of anilines is 2. The lowest BCUT2D eigenvalue weighted by Gasteiger charge is -2.29. The molecule has 0 fully saturated rings. The number of hydrogen-bond acceptors (Lipinski definition) is 7. The number of hydrogen-bond donors (Lipinski definition) is 3. The minimum absolute atomic E-state index is 0.0393. The predicted molar refractivity (Wildman–Crippen MR) is 175 cm³/mol. The van der Waals surface area contributed by atoms with Crippen molar-refractivity contribution in [1.29, 1.82) is 0 Å². The summed E-state index contributed by atoms with van der Waals surface area (Å²) >= 11 is 3.39. The first kappa shape index (κ1) is 33.5. The number of nitrogens with zero attached hydrogens (tertiary/aromatic N) is 2. The zero-order valence-electron chi connectivity index (χ0n) is 24.9. The topological polar surface area (TPSA) is 160 Å². The molecule has 0 aromatic heterocycles. The van der Waals surface area contributed by atoms with E-state index in [0.29, 0.717) is 38.5 Å². The molecule has 0 heterocycles. The van der Waals surface area contributed by atoms with E-state index in [-0.39, 0.29) is 36.7 Å². The average molecular weight is 692 g/mol. The van der Waals surface area contributed by atoms with Crippen molar-refractivity contribution in [2.75, 3.05) is 24.4 Å². The van der Waals surface area contributed by atoms with Crippen LogP contribution in [0.25, 0.3) is 0 Å². The monoisotopic (exact) mass is 690 g/mol. The summed E-state index contributed by atoms with van der Waals surface area (Å²) in [5, 5.41) is 26.3. The minimum Gasteiger partial charge on any atom is -0.495 e. The molecular weight excluding hydrogens is 660 g/mol. The Hall–Kier alpha value is -5.43. The molecule has 46 heavy (non-hydrogen) atoms.